The lowest BCUT2D eigenvalue weighted by molar-refractivity contribution is 1.18. The summed E-state index contributed by atoms with van der Waals surface area (Å²) in [6.07, 6.45) is 0. The molecule has 0 N–H and O–H groups in total. The highest BCUT2D eigenvalue weighted by atomic mass is 14.9. The van der Waals surface area contributed by atoms with Gasteiger partial charge in [-0.3, -0.25) is 0 Å². The summed E-state index contributed by atoms with van der Waals surface area (Å²) in [5.74, 6) is 0.693. The summed E-state index contributed by atoms with van der Waals surface area (Å²) in [5, 5.41) is 3.52. The average Bonchev–Trinajstić information content (AvgIpc) is 3.29. The molecule has 56 heavy (non-hydrogen) atoms. The maximum absolute atomic E-state index is 5.44. The van der Waals surface area contributed by atoms with Gasteiger partial charge in [0, 0.05) is 33.2 Å². The number of rotatable bonds is 7. The van der Waals surface area contributed by atoms with Gasteiger partial charge in [0.15, 0.2) is 5.82 Å². The molecule has 0 spiro atoms. The zero-order valence-electron chi connectivity index (χ0n) is 30.5. The van der Waals surface area contributed by atoms with Gasteiger partial charge in [-0.1, -0.05) is 188 Å². The van der Waals surface area contributed by atoms with Crippen molar-refractivity contribution in [1.29, 1.82) is 0 Å². The van der Waals surface area contributed by atoms with Gasteiger partial charge in [0.2, 0.25) is 0 Å². The number of benzene rings is 8. The number of hydrogen-bond acceptors (Lipinski definition) is 3. The van der Waals surface area contributed by atoms with E-state index in [1.165, 1.54) is 21.9 Å². The molecule has 0 aliphatic heterocycles. The molecule has 0 amide bonds. The Balaban J connectivity index is 1.13. The average molecular weight is 714 g/mol. The predicted octanol–water partition coefficient (Wildman–Crippen LogP) is 13.8. The van der Waals surface area contributed by atoms with Crippen LogP contribution in [-0.2, 0) is 0 Å². The molecule has 10 rings (SSSR count). The number of nitrogens with zero attached hydrogens (tertiary/aromatic N) is 3. The van der Waals surface area contributed by atoms with Crippen molar-refractivity contribution < 1.29 is 0 Å². The number of pyridine rings is 1. The van der Waals surface area contributed by atoms with Crippen LogP contribution in [0.15, 0.2) is 212 Å². The van der Waals surface area contributed by atoms with Crippen LogP contribution in [0, 0.1) is 0 Å². The fourth-order valence-corrected chi connectivity index (χ4v) is 7.68. The van der Waals surface area contributed by atoms with Gasteiger partial charge in [-0.25, -0.2) is 15.0 Å². The molecular formula is C53H35N3. The third kappa shape index (κ3) is 6.31. The van der Waals surface area contributed by atoms with Gasteiger partial charge < -0.3 is 0 Å². The van der Waals surface area contributed by atoms with Crippen LogP contribution in [0.4, 0.5) is 0 Å². The van der Waals surface area contributed by atoms with E-state index in [1.807, 2.05) is 30.3 Å². The molecule has 3 heteroatoms. The quantitative estimate of drug-likeness (QED) is 0.154. The number of aromatic nitrogens is 3. The molecule has 0 bridgehead atoms. The number of fused-ring (bicyclic) bond motifs is 3. The zero-order chi connectivity index (χ0) is 37.3. The van der Waals surface area contributed by atoms with E-state index in [9.17, 15) is 0 Å². The van der Waals surface area contributed by atoms with Gasteiger partial charge in [-0.2, -0.15) is 0 Å². The second kappa shape index (κ2) is 14.4. The molecule has 2 aromatic heterocycles. The lowest BCUT2D eigenvalue weighted by atomic mass is 9.90. The van der Waals surface area contributed by atoms with E-state index in [0.29, 0.717) is 5.82 Å². The molecule has 0 fully saturated rings. The first-order valence-electron chi connectivity index (χ1n) is 18.9. The Hall–Kier alpha value is -7.49. The summed E-state index contributed by atoms with van der Waals surface area (Å²) in [4.78, 5) is 15.7. The summed E-state index contributed by atoms with van der Waals surface area (Å²) < 4.78 is 0. The van der Waals surface area contributed by atoms with Crippen molar-refractivity contribution in [2.24, 2.45) is 0 Å². The van der Waals surface area contributed by atoms with Crippen LogP contribution < -0.4 is 0 Å². The van der Waals surface area contributed by atoms with Crippen LogP contribution in [0.3, 0.4) is 0 Å². The summed E-state index contributed by atoms with van der Waals surface area (Å²) >= 11 is 0. The highest BCUT2D eigenvalue weighted by molar-refractivity contribution is 6.18. The smallest absolute Gasteiger partial charge is 0.160 e. The molecule has 8 aromatic carbocycles. The Morgan fingerprint density at radius 2 is 0.750 bits per heavy atom. The van der Waals surface area contributed by atoms with Crippen LogP contribution >= 0.6 is 0 Å². The molecule has 0 aliphatic carbocycles. The Morgan fingerprint density at radius 1 is 0.268 bits per heavy atom. The van der Waals surface area contributed by atoms with Crippen molar-refractivity contribution in [3.8, 4) is 78.5 Å². The Morgan fingerprint density at radius 3 is 1.45 bits per heavy atom. The lowest BCUT2D eigenvalue weighted by Crippen LogP contribution is -1.96. The van der Waals surface area contributed by atoms with Crippen LogP contribution in [0.2, 0.25) is 0 Å². The molecule has 3 nitrogen and oxygen atoms in total. The van der Waals surface area contributed by atoms with E-state index >= 15 is 0 Å². The lowest BCUT2D eigenvalue weighted by Gasteiger charge is -2.17. The van der Waals surface area contributed by atoms with Gasteiger partial charge in [-0.05, 0) is 62.9 Å². The summed E-state index contributed by atoms with van der Waals surface area (Å²) in [7, 11) is 0. The molecule has 262 valence electrons. The minimum Gasteiger partial charge on any atom is -0.247 e. The first kappa shape index (κ1) is 33.1. The molecule has 0 aliphatic rings. The maximum atomic E-state index is 5.44. The Labute approximate surface area is 326 Å². The molecule has 0 radical (unpaired) electrons. The third-order valence-electron chi connectivity index (χ3n) is 10.5. The first-order chi connectivity index (χ1) is 27.7. The normalized spacial score (nSPS) is 11.2. The predicted molar refractivity (Wildman–Crippen MR) is 233 cm³/mol. The molecule has 0 atom stereocenters. The van der Waals surface area contributed by atoms with Crippen molar-refractivity contribution in [2.45, 2.75) is 0 Å². The molecule has 0 unspecified atom stereocenters. The minimum absolute atomic E-state index is 0.693. The highest BCUT2D eigenvalue weighted by Gasteiger charge is 2.18. The van der Waals surface area contributed by atoms with Crippen LogP contribution in [0.1, 0.15) is 0 Å². The van der Waals surface area contributed by atoms with Crippen molar-refractivity contribution in [3.63, 3.8) is 0 Å². The molecule has 2 heterocycles. The topological polar surface area (TPSA) is 38.7 Å². The van der Waals surface area contributed by atoms with E-state index < -0.39 is 0 Å². The fourth-order valence-electron chi connectivity index (χ4n) is 7.68. The number of hydrogen-bond donors (Lipinski definition) is 0. The van der Waals surface area contributed by atoms with Gasteiger partial charge >= 0.3 is 0 Å². The molecule has 0 saturated carbocycles. The van der Waals surface area contributed by atoms with E-state index in [2.05, 4.69) is 182 Å². The van der Waals surface area contributed by atoms with Crippen molar-refractivity contribution in [1.82, 2.24) is 15.0 Å². The second-order valence-corrected chi connectivity index (χ2v) is 14.0. The van der Waals surface area contributed by atoms with Gasteiger partial charge in [0.05, 0.1) is 22.6 Å². The highest BCUT2D eigenvalue weighted by Crippen LogP contribution is 2.42. The van der Waals surface area contributed by atoms with E-state index in [4.69, 9.17) is 15.0 Å². The van der Waals surface area contributed by atoms with Crippen molar-refractivity contribution >= 4 is 21.7 Å². The largest absolute Gasteiger partial charge is 0.247 e. The first-order valence-corrected chi connectivity index (χ1v) is 18.9. The van der Waals surface area contributed by atoms with Crippen LogP contribution in [0.5, 0.6) is 0 Å². The fraction of sp³-hybridized carbons (Fsp3) is 0. The summed E-state index contributed by atoms with van der Waals surface area (Å²) in [5.41, 5.74) is 14.6. The zero-order valence-corrected chi connectivity index (χ0v) is 30.5. The Bertz CT molecular complexity index is 2980. The van der Waals surface area contributed by atoms with Crippen LogP contribution in [0.25, 0.3) is 100 Å². The molecule has 0 saturated heterocycles. The second-order valence-electron chi connectivity index (χ2n) is 14.0. The summed E-state index contributed by atoms with van der Waals surface area (Å²) in [6.45, 7) is 0. The maximum Gasteiger partial charge on any atom is 0.160 e. The van der Waals surface area contributed by atoms with Crippen LogP contribution in [-0.4, -0.2) is 15.0 Å². The van der Waals surface area contributed by atoms with E-state index in [1.54, 1.807) is 0 Å². The molecular weight excluding hydrogens is 679 g/mol. The van der Waals surface area contributed by atoms with E-state index in [0.717, 1.165) is 72.5 Å². The summed E-state index contributed by atoms with van der Waals surface area (Å²) in [6, 6.07) is 74.5. The van der Waals surface area contributed by atoms with Crippen molar-refractivity contribution in [3.05, 3.63) is 212 Å². The van der Waals surface area contributed by atoms with Gasteiger partial charge in [0.25, 0.3) is 0 Å². The van der Waals surface area contributed by atoms with Crippen molar-refractivity contribution in [2.75, 3.05) is 0 Å². The molecule has 10 aromatic rings. The monoisotopic (exact) mass is 713 g/mol. The van der Waals surface area contributed by atoms with E-state index in [-0.39, 0.29) is 0 Å². The van der Waals surface area contributed by atoms with Gasteiger partial charge in [0.1, 0.15) is 0 Å². The van der Waals surface area contributed by atoms with Gasteiger partial charge in [-0.15, -0.1) is 0 Å². The third-order valence-corrected chi connectivity index (χ3v) is 10.5. The standard InChI is InChI=1S/C53H35N3/c1-5-16-36(17-6-1)42-25-15-26-44(32-42)50-35-49(55-53(56-50)41-22-11-4-12-23-41)40-30-28-38(29-31-40)47-33-43-24-13-14-27-45(43)51-46(37-18-7-2-8-19-37)34-48(54-52(47)51)39-20-9-3-10-21-39/h1-35H. The minimum atomic E-state index is 0.693. The SMILES string of the molecule is c1ccc(-c2cccc(-c3cc(-c4ccc(-c5cc6ccccc6c6c(-c7ccccc7)cc(-c7ccccc7)nc56)cc4)nc(-c4ccccc4)n3)c2)cc1. The Kier molecular flexibility index (Phi) is 8.51.